The van der Waals surface area contributed by atoms with E-state index < -0.39 is 0 Å². The lowest BCUT2D eigenvalue weighted by Gasteiger charge is -2.13. The van der Waals surface area contributed by atoms with Gasteiger partial charge in [0.15, 0.2) is 0 Å². The molecule has 18 heavy (non-hydrogen) atoms. The second-order valence-electron chi connectivity index (χ2n) is 4.12. The van der Waals surface area contributed by atoms with Crippen molar-refractivity contribution >= 4 is 27.3 Å². The lowest BCUT2D eigenvalue weighted by atomic mass is 10.1. The number of hydrogen-bond donors (Lipinski definition) is 1. The smallest absolute Gasteiger partial charge is 0.131 e. The summed E-state index contributed by atoms with van der Waals surface area (Å²) >= 11 is 5.07. The second kappa shape index (κ2) is 5.82. The molecular weight excluding hydrogens is 312 g/mol. The summed E-state index contributed by atoms with van der Waals surface area (Å²) < 4.78 is 6.80. The molecule has 0 aliphatic rings. The van der Waals surface area contributed by atoms with Crippen molar-refractivity contribution in [2.75, 3.05) is 0 Å². The Morgan fingerprint density at radius 1 is 1.50 bits per heavy atom. The zero-order chi connectivity index (χ0) is 13.1. The van der Waals surface area contributed by atoms with Gasteiger partial charge < -0.3 is 10.5 Å². The van der Waals surface area contributed by atoms with Crippen molar-refractivity contribution in [2.45, 2.75) is 26.5 Å². The first kappa shape index (κ1) is 13.5. The molecule has 2 aromatic rings. The lowest BCUT2D eigenvalue weighted by Crippen LogP contribution is -2.08. The highest BCUT2D eigenvalue weighted by molar-refractivity contribution is 9.10. The lowest BCUT2D eigenvalue weighted by molar-refractivity contribution is 0.297. The van der Waals surface area contributed by atoms with E-state index in [-0.39, 0.29) is 6.04 Å². The molecule has 0 bridgehead atoms. The van der Waals surface area contributed by atoms with E-state index in [1.807, 2.05) is 37.4 Å². The molecule has 1 heterocycles. The highest BCUT2D eigenvalue weighted by atomic mass is 79.9. The Balaban J connectivity index is 2.13. The summed E-state index contributed by atoms with van der Waals surface area (Å²) in [5, 5.41) is 3.07. The van der Waals surface area contributed by atoms with Crippen LogP contribution in [0.2, 0.25) is 0 Å². The van der Waals surface area contributed by atoms with Gasteiger partial charge in [-0.15, -0.1) is 11.3 Å². The van der Waals surface area contributed by atoms with E-state index in [0.717, 1.165) is 26.5 Å². The maximum absolute atomic E-state index is 5.94. The first-order chi connectivity index (χ1) is 8.56. The number of nitrogens with two attached hydrogens (primary N) is 1. The average Bonchev–Trinajstić information content (AvgIpc) is 2.73. The minimum atomic E-state index is -0.0605. The SMILES string of the molecule is Cc1nc(COc2ccc(Br)cc2[C@@H](C)N)cs1. The van der Waals surface area contributed by atoms with E-state index in [2.05, 4.69) is 20.9 Å². The Bertz CT molecular complexity index is 540. The van der Waals surface area contributed by atoms with Crippen LogP contribution >= 0.6 is 27.3 Å². The Hall–Kier alpha value is -0.910. The normalized spacial score (nSPS) is 12.4. The largest absolute Gasteiger partial charge is 0.487 e. The predicted molar refractivity (Wildman–Crippen MR) is 77.9 cm³/mol. The fourth-order valence-corrected chi connectivity index (χ4v) is 2.61. The summed E-state index contributed by atoms with van der Waals surface area (Å²) in [5.74, 6) is 0.818. The monoisotopic (exact) mass is 326 g/mol. The summed E-state index contributed by atoms with van der Waals surface area (Å²) in [6.45, 7) is 4.41. The van der Waals surface area contributed by atoms with Crippen LogP contribution in [-0.2, 0) is 6.61 Å². The molecule has 0 aliphatic carbocycles. The van der Waals surface area contributed by atoms with E-state index in [9.17, 15) is 0 Å². The van der Waals surface area contributed by atoms with E-state index >= 15 is 0 Å². The van der Waals surface area contributed by atoms with Crippen LogP contribution in [0, 0.1) is 6.92 Å². The minimum Gasteiger partial charge on any atom is -0.487 e. The molecule has 5 heteroatoms. The van der Waals surface area contributed by atoms with Gasteiger partial charge in [-0.3, -0.25) is 0 Å². The average molecular weight is 327 g/mol. The van der Waals surface area contributed by atoms with Crippen molar-refractivity contribution in [3.8, 4) is 5.75 Å². The van der Waals surface area contributed by atoms with Crippen LogP contribution in [0.25, 0.3) is 0 Å². The topological polar surface area (TPSA) is 48.1 Å². The van der Waals surface area contributed by atoms with Crippen molar-refractivity contribution in [1.82, 2.24) is 4.98 Å². The molecule has 0 aliphatic heterocycles. The fourth-order valence-electron chi connectivity index (χ4n) is 1.63. The van der Waals surface area contributed by atoms with Gasteiger partial charge in [0.05, 0.1) is 10.7 Å². The Morgan fingerprint density at radius 2 is 2.28 bits per heavy atom. The van der Waals surface area contributed by atoms with Crippen LogP contribution in [0.3, 0.4) is 0 Å². The Labute approximate surface area is 119 Å². The predicted octanol–water partition coefficient (Wildman–Crippen LogP) is 3.81. The number of nitrogens with zero attached hydrogens (tertiary/aromatic N) is 1. The summed E-state index contributed by atoms with van der Waals surface area (Å²) in [6.07, 6.45) is 0. The molecule has 2 rings (SSSR count). The van der Waals surface area contributed by atoms with Crippen LogP contribution in [0.15, 0.2) is 28.1 Å². The van der Waals surface area contributed by atoms with Gasteiger partial charge >= 0.3 is 0 Å². The summed E-state index contributed by atoms with van der Waals surface area (Å²) in [6, 6.07) is 5.82. The highest BCUT2D eigenvalue weighted by Gasteiger charge is 2.09. The molecule has 0 saturated heterocycles. The van der Waals surface area contributed by atoms with E-state index in [1.54, 1.807) is 11.3 Å². The highest BCUT2D eigenvalue weighted by Crippen LogP contribution is 2.28. The summed E-state index contributed by atoms with van der Waals surface area (Å²) in [5.41, 5.74) is 7.89. The zero-order valence-corrected chi connectivity index (χ0v) is 12.7. The van der Waals surface area contributed by atoms with Gasteiger partial charge in [-0.25, -0.2) is 4.98 Å². The molecule has 2 N–H and O–H groups in total. The molecular formula is C13H15BrN2OS. The second-order valence-corrected chi connectivity index (χ2v) is 6.10. The number of aryl methyl sites for hydroxylation is 1. The number of thiazole rings is 1. The molecule has 1 atom stereocenters. The molecule has 0 saturated carbocycles. The summed E-state index contributed by atoms with van der Waals surface area (Å²) in [4.78, 5) is 4.37. The van der Waals surface area contributed by atoms with Crippen LogP contribution in [0.1, 0.15) is 29.2 Å². The molecule has 3 nitrogen and oxygen atoms in total. The van der Waals surface area contributed by atoms with Crippen molar-refractivity contribution in [1.29, 1.82) is 0 Å². The van der Waals surface area contributed by atoms with Crippen molar-refractivity contribution in [3.63, 3.8) is 0 Å². The van der Waals surface area contributed by atoms with Gasteiger partial charge in [0, 0.05) is 21.5 Å². The van der Waals surface area contributed by atoms with Gasteiger partial charge in [-0.05, 0) is 32.0 Å². The van der Waals surface area contributed by atoms with Gasteiger partial charge in [-0.1, -0.05) is 15.9 Å². The quantitative estimate of drug-likeness (QED) is 0.929. The van der Waals surface area contributed by atoms with Crippen LogP contribution in [-0.4, -0.2) is 4.98 Å². The van der Waals surface area contributed by atoms with Crippen LogP contribution < -0.4 is 10.5 Å². The van der Waals surface area contributed by atoms with Gasteiger partial charge in [-0.2, -0.15) is 0 Å². The molecule has 1 aromatic carbocycles. The van der Waals surface area contributed by atoms with Crippen LogP contribution in [0.4, 0.5) is 0 Å². The Kier molecular flexibility index (Phi) is 4.37. The molecule has 0 spiro atoms. The molecule has 96 valence electrons. The van der Waals surface area contributed by atoms with Crippen molar-refractivity contribution < 1.29 is 4.74 Å². The first-order valence-corrected chi connectivity index (χ1v) is 7.32. The first-order valence-electron chi connectivity index (χ1n) is 5.65. The van der Waals surface area contributed by atoms with Crippen molar-refractivity contribution in [2.24, 2.45) is 5.73 Å². The van der Waals surface area contributed by atoms with E-state index in [1.165, 1.54) is 0 Å². The van der Waals surface area contributed by atoms with E-state index in [4.69, 9.17) is 10.5 Å². The number of aromatic nitrogens is 1. The third-order valence-corrected chi connectivity index (χ3v) is 3.82. The van der Waals surface area contributed by atoms with Gasteiger partial charge in [0.1, 0.15) is 12.4 Å². The maximum Gasteiger partial charge on any atom is 0.131 e. The van der Waals surface area contributed by atoms with E-state index in [0.29, 0.717) is 6.61 Å². The van der Waals surface area contributed by atoms with Crippen LogP contribution in [0.5, 0.6) is 5.75 Å². The molecule has 0 unspecified atom stereocenters. The number of benzene rings is 1. The third kappa shape index (κ3) is 3.31. The third-order valence-electron chi connectivity index (χ3n) is 2.50. The number of rotatable bonds is 4. The van der Waals surface area contributed by atoms with Gasteiger partial charge in [0.25, 0.3) is 0 Å². The van der Waals surface area contributed by atoms with Gasteiger partial charge in [0.2, 0.25) is 0 Å². The molecule has 1 aromatic heterocycles. The minimum absolute atomic E-state index is 0.0605. The van der Waals surface area contributed by atoms with Crippen molar-refractivity contribution in [3.05, 3.63) is 44.3 Å². The maximum atomic E-state index is 5.94. The molecule has 0 amide bonds. The fraction of sp³-hybridized carbons (Fsp3) is 0.308. The standard InChI is InChI=1S/C13H15BrN2OS/c1-8(15)12-5-10(14)3-4-13(12)17-6-11-7-18-9(2)16-11/h3-5,7-8H,6,15H2,1-2H3/t8-/m1/s1. The summed E-state index contributed by atoms with van der Waals surface area (Å²) in [7, 11) is 0. The number of ether oxygens (including phenoxy) is 1. The number of halogens is 1. The molecule has 0 fully saturated rings. The number of hydrogen-bond acceptors (Lipinski definition) is 4. The zero-order valence-electron chi connectivity index (χ0n) is 10.3. The Morgan fingerprint density at radius 3 is 2.89 bits per heavy atom. The molecule has 0 radical (unpaired) electrons.